The first-order chi connectivity index (χ1) is 14.3. The van der Waals surface area contributed by atoms with E-state index in [2.05, 4.69) is 15.0 Å². The summed E-state index contributed by atoms with van der Waals surface area (Å²) in [4.78, 5) is 27.3. The third kappa shape index (κ3) is 3.42. The van der Waals surface area contributed by atoms with E-state index in [1.165, 1.54) is 0 Å². The summed E-state index contributed by atoms with van der Waals surface area (Å²) in [6.45, 7) is 4.13. The van der Waals surface area contributed by atoms with Crippen molar-refractivity contribution in [3.05, 3.63) is 70.8 Å². The molecular formula is C22H22N6O2. The number of rotatable bonds is 5. The standard InChI is InChI=1S/C22H22N6O2/c1-22(2,30)17-6-5-14(16(8-23)19(17)24)20-26-9-13(10-27-20)11-28-12-18-15(21(28)29)4-3-7-25-18/h3-10,23,30H,11-12,24H2,1-2H3. The Morgan fingerprint density at radius 2 is 1.93 bits per heavy atom. The predicted molar refractivity (Wildman–Crippen MR) is 113 cm³/mol. The molecule has 8 heteroatoms. The number of carbonyl (C=O) groups is 1. The van der Waals surface area contributed by atoms with Crippen molar-refractivity contribution in [1.29, 1.82) is 5.41 Å². The first-order valence-corrected chi connectivity index (χ1v) is 9.50. The van der Waals surface area contributed by atoms with E-state index in [9.17, 15) is 9.90 Å². The van der Waals surface area contributed by atoms with Crippen LogP contribution in [0.15, 0.2) is 42.9 Å². The number of carbonyl (C=O) groups excluding carboxylic acids is 1. The van der Waals surface area contributed by atoms with E-state index in [0.29, 0.717) is 46.9 Å². The number of fused-ring (bicyclic) bond motifs is 1. The molecule has 0 bridgehead atoms. The summed E-state index contributed by atoms with van der Waals surface area (Å²) in [7, 11) is 0. The van der Waals surface area contributed by atoms with Crippen molar-refractivity contribution >= 4 is 17.8 Å². The second kappa shape index (κ2) is 7.31. The fourth-order valence-corrected chi connectivity index (χ4v) is 3.63. The molecule has 8 nitrogen and oxygen atoms in total. The smallest absolute Gasteiger partial charge is 0.256 e. The van der Waals surface area contributed by atoms with Crippen LogP contribution in [0, 0.1) is 5.41 Å². The number of amides is 1. The van der Waals surface area contributed by atoms with E-state index in [0.717, 1.165) is 17.5 Å². The third-order valence-corrected chi connectivity index (χ3v) is 5.16. The van der Waals surface area contributed by atoms with Crippen LogP contribution in [0.25, 0.3) is 11.4 Å². The molecule has 4 N–H and O–H groups in total. The minimum atomic E-state index is -1.13. The second-order valence-electron chi connectivity index (χ2n) is 7.77. The lowest BCUT2D eigenvalue weighted by atomic mass is 9.91. The average Bonchev–Trinajstić information content (AvgIpc) is 3.03. The van der Waals surface area contributed by atoms with Crippen molar-refractivity contribution in [2.24, 2.45) is 0 Å². The number of aromatic nitrogens is 3. The Labute approximate surface area is 173 Å². The van der Waals surface area contributed by atoms with Gasteiger partial charge in [0.05, 0.1) is 23.4 Å². The van der Waals surface area contributed by atoms with Gasteiger partial charge in [0.15, 0.2) is 5.82 Å². The minimum absolute atomic E-state index is 0.0525. The summed E-state index contributed by atoms with van der Waals surface area (Å²) < 4.78 is 0. The van der Waals surface area contributed by atoms with Gasteiger partial charge in [-0.15, -0.1) is 0 Å². The van der Waals surface area contributed by atoms with E-state index in [4.69, 9.17) is 11.1 Å². The number of nitrogen functional groups attached to an aromatic ring is 1. The number of nitrogens with two attached hydrogens (primary N) is 1. The molecule has 2 aromatic heterocycles. The normalized spacial score (nSPS) is 13.4. The predicted octanol–water partition coefficient (Wildman–Crippen LogP) is 2.50. The summed E-state index contributed by atoms with van der Waals surface area (Å²) in [6.07, 6.45) is 6.16. The number of hydrogen-bond donors (Lipinski definition) is 3. The molecular weight excluding hydrogens is 380 g/mol. The molecule has 3 aromatic rings. The summed E-state index contributed by atoms with van der Waals surface area (Å²) in [6, 6.07) is 7.02. The monoisotopic (exact) mass is 402 g/mol. The van der Waals surface area contributed by atoms with Crippen LogP contribution in [0.1, 0.15) is 46.6 Å². The summed E-state index contributed by atoms with van der Waals surface area (Å²) >= 11 is 0. The molecule has 1 aliphatic rings. The van der Waals surface area contributed by atoms with Gasteiger partial charge < -0.3 is 21.1 Å². The Hall–Kier alpha value is -3.65. The van der Waals surface area contributed by atoms with Crippen molar-refractivity contribution in [1.82, 2.24) is 19.9 Å². The Morgan fingerprint density at radius 3 is 2.57 bits per heavy atom. The number of nitrogens with one attached hydrogen (secondary N) is 1. The van der Waals surface area contributed by atoms with E-state index >= 15 is 0 Å². The molecule has 1 aromatic carbocycles. The third-order valence-electron chi connectivity index (χ3n) is 5.16. The van der Waals surface area contributed by atoms with E-state index < -0.39 is 5.60 Å². The van der Waals surface area contributed by atoms with Gasteiger partial charge in [-0.3, -0.25) is 9.78 Å². The largest absolute Gasteiger partial charge is 0.398 e. The van der Waals surface area contributed by atoms with Crippen LogP contribution in [0.5, 0.6) is 0 Å². The van der Waals surface area contributed by atoms with Crippen molar-refractivity contribution in [3.63, 3.8) is 0 Å². The van der Waals surface area contributed by atoms with E-state index in [-0.39, 0.29) is 5.91 Å². The lowest BCUT2D eigenvalue weighted by molar-refractivity contribution is 0.0764. The Bertz CT molecular complexity index is 1140. The van der Waals surface area contributed by atoms with Crippen molar-refractivity contribution in [2.75, 3.05) is 5.73 Å². The molecule has 0 aliphatic carbocycles. The highest BCUT2D eigenvalue weighted by Gasteiger charge is 2.28. The van der Waals surface area contributed by atoms with Crippen LogP contribution in [-0.4, -0.2) is 37.1 Å². The summed E-state index contributed by atoms with van der Waals surface area (Å²) in [5.74, 6) is 0.368. The van der Waals surface area contributed by atoms with Gasteiger partial charge in [-0.05, 0) is 32.0 Å². The summed E-state index contributed by atoms with van der Waals surface area (Å²) in [5, 5.41) is 18.0. The fraction of sp³-hybridized carbons (Fsp3) is 0.227. The molecule has 0 saturated heterocycles. The number of hydrogen-bond acceptors (Lipinski definition) is 7. The van der Waals surface area contributed by atoms with Gasteiger partial charge in [0.1, 0.15) is 0 Å². The number of nitrogens with zero attached hydrogens (tertiary/aromatic N) is 4. The van der Waals surface area contributed by atoms with Crippen molar-refractivity contribution in [2.45, 2.75) is 32.5 Å². The highest BCUT2D eigenvalue weighted by atomic mass is 16.3. The van der Waals surface area contributed by atoms with Crippen LogP contribution in [0.3, 0.4) is 0 Å². The molecule has 0 radical (unpaired) electrons. The van der Waals surface area contributed by atoms with E-state index in [1.807, 2.05) is 0 Å². The lowest BCUT2D eigenvalue weighted by Crippen LogP contribution is -2.23. The number of pyridine rings is 1. The summed E-state index contributed by atoms with van der Waals surface area (Å²) in [5.41, 5.74) is 9.21. The molecule has 152 valence electrons. The lowest BCUT2D eigenvalue weighted by Gasteiger charge is -2.22. The average molecular weight is 402 g/mol. The molecule has 0 unspecified atom stereocenters. The Balaban J connectivity index is 1.58. The highest BCUT2D eigenvalue weighted by Crippen LogP contribution is 2.33. The molecule has 1 amide bonds. The van der Waals surface area contributed by atoms with Gasteiger partial charge in [0.2, 0.25) is 0 Å². The van der Waals surface area contributed by atoms with Crippen LogP contribution >= 0.6 is 0 Å². The van der Waals surface area contributed by atoms with Gasteiger partial charge in [-0.1, -0.05) is 6.07 Å². The molecule has 0 atom stereocenters. The molecule has 4 rings (SSSR count). The molecule has 3 heterocycles. The molecule has 0 spiro atoms. The molecule has 30 heavy (non-hydrogen) atoms. The fourth-order valence-electron chi connectivity index (χ4n) is 3.63. The number of anilines is 1. The van der Waals surface area contributed by atoms with Gasteiger partial charge in [0.25, 0.3) is 5.91 Å². The maximum Gasteiger partial charge on any atom is 0.256 e. The Kier molecular flexibility index (Phi) is 4.79. The molecule has 0 saturated carbocycles. The molecule has 1 aliphatic heterocycles. The number of aliphatic hydroxyl groups is 1. The van der Waals surface area contributed by atoms with Crippen LogP contribution < -0.4 is 5.73 Å². The maximum atomic E-state index is 12.5. The van der Waals surface area contributed by atoms with Gasteiger partial charge >= 0.3 is 0 Å². The first kappa shape index (κ1) is 19.7. The first-order valence-electron chi connectivity index (χ1n) is 9.50. The van der Waals surface area contributed by atoms with E-state index in [1.54, 1.807) is 61.6 Å². The zero-order valence-corrected chi connectivity index (χ0v) is 16.8. The van der Waals surface area contributed by atoms with Crippen LogP contribution in [0.2, 0.25) is 0 Å². The second-order valence-corrected chi connectivity index (χ2v) is 7.77. The topological polar surface area (TPSA) is 129 Å². The highest BCUT2D eigenvalue weighted by molar-refractivity contribution is 5.97. The zero-order valence-electron chi connectivity index (χ0n) is 16.8. The number of benzene rings is 1. The van der Waals surface area contributed by atoms with Gasteiger partial charge in [0, 0.05) is 59.3 Å². The maximum absolute atomic E-state index is 12.5. The SMILES string of the molecule is CC(C)(O)c1ccc(-c2ncc(CN3Cc4ncccc4C3=O)cn2)c(C=N)c1N. The zero-order chi connectivity index (χ0) is 21.5. The van der Waals surface area contributed by atoms with Crippen LogP contribution in [-0.2, 0) is 18.7 Å². The molecule has 0 fully saturated rings. The minimum Gasteiger partial charge on any atom is -0.398 e. The quantitative estimate of drug-likeness (QED) is 0.444. The van der Waals surface area contributed by atoms with Crippen molar-refractivity contribution < 1.29 is 9.90 Å². The van der Waals surface area contributed by atoms with Gasteiger partial charge in [-0.2, -0.15) is 0 Å². The van der Waals surface area contributed by atoms with Crippen molar-refractivity contribution in [3.8, 4) is 11.4 Å². The van der Waals surface area contributed by atoms with Gasteiger partial charge in [-0.25, -0.2) is 9.97 Å². The van der Waals surface area contributed by atoms with Crippen LogP contribution in [0.4, 0.5) is 5.69 Å². The Morgan fingerprint density at radius 1 is 1.20 bits per heavy atom.